The highest BCUT2D eigenvalue weighted by Gasteiger charge is 1.92. The van der Waals surface area contributed by atoms with Gasteiger partial charge in [-0.2, -0.15) is 0 Å². The molecule has 0 aliphatic carbocycles. The highest BCUT2D eigenvalue weighted by molar-refractivity contribution is 8.13. The Bertz CT molecular complexity index is 243. The van der Waals surface area contributed by atoms with Crippen LogP contribution in [0.25, 0.3) is 0 Å². The minimum absolute atomic E-state index is 0. The van der Waals surface area contributed by atoms with Crippen molar-refractivity contribution in [1.29, 1.82) is 5.41 Å². The van der Waals surface area contributed by atoms with E-state index in [1.807, 2.05) is 30.3 Å². The average Bonchev–Trinajstić information content (AvgIpc) is 2.03. The van der Waals surface area contributed by atoms with Gasteiger partial charge in [-0.05, 0) is 5.56 Å². The lowest BCUT2D eigenvalue weighted by atomic mass is 10.2. The summed E-state index contributed by atoms with van der Waals surface area (Å²) < 4.78 is 0. The Morgan fingerprint density at radius 3 is 2.50 bits per heavy atom. The number of nitrogens with one attached hydrogen (secondary N) is 1. The molecule has 0 saturated heterocycles. The first kappa shape index (κ1) is 11.8. The molecular formula is C8H11IN2S. The molecule has 66 valence electrons. The van der Waals surface area contributed by atoms with Crippen molar-refractivity contribution in [3.8, 4) is 0 Å². The van der Waals surface area contributed by atoms with Crippen molar-refractivity contribution >= 4 is 16.9 Å². The number of hydrogen-bond acceptors (Lipinski definition) is 2. The van der Waals surface area contributed by atoms with Crippen LogP contribution in [0, 0.1) is 5.41 Å². The monoisotopic (exact) mass is 294 g/mol. The van der Waals surface area contributed by atoms with Crippen LogP contribution in [0.2, 0.25) is 0 Å². The number of nitrogens with two attached hydrogens (primary N) is 1. The van der Waals surface area contributed by atoms with E-state index in [1.165, 1.54) is 17.3 Å². The van der Waals surface area contributed by atoms with Gasteiger partial charge in [-0.1, -0.05) is 42.1 Å². The maximum atomic E-state index is 6.98. The number of rotatable bonds is 2. The third-order valence-corrected chi connectivity index (χ3v) is 2.03. The Kier molecular flexibility index (Phi) is 6.18. The Morgan fingerprint density at radius 2 is 2.00 bits per heavy atom. The topological polar surface area (TPSA) is 49.9 Å². The van der Waals surface area contributed by atoms with E-state index in [0.717, 1.165) is 5.75 Å². The van der Waals surface area contributed by atoms with Gasteiger partial charge in [0.05, 0.1) is 0 Å². The minimum atomic E-state index is 0. The molecule has 0 aromatic heterocycles. The Balaban J connectivity index is 0. The lowest BCUT2D eigenvalue weighted by molar-refractivity contribution is -0.00000256. The number of thioether (sulfide) groups is 1. The van der Waals surface area contributed by atoms with Crippen LogP contribution in [-0.4, -0.2) is 5.17 Å². The van der Waals surface area contributed by atoms with Crippen LogP contribution in [0.1, 0.15) is 6.99 Å². The smallest absolute Gasteiger partial charge is 1.00 e. The molecule has 1 aromatic rings. The van der Waals surface area contributed by atoms with Gasteiger partial charge in [0.25, 0.3) is 0 Å². The summed E-state index contributed by atoms with van der Waals surface area (Å²) in [6.45, 7) is 0. The molecule has 0 bridgehead atoms. The lowest BCUT2D eigenvalue weighted by Crippen LogP contribution is -3.00. The second-order valence-corrected chi connectivity index (χ2v) is 3.16. The van der Waals surface area contributed by atoms with Crippen LogP contribution in [0.15, 0.2) is 30.3 Å². The van der Waals surface area contributed by atoms with E-state index in [0.29, 0.717) is 0 Å². The van der Waals surface area contributed by atoms with E-state index in [4.69, 9.17) is 11.1 Å². The predicted molar refractivity (Wildman–Crippen MR) is 50.8 cm³/mol. The zero-order chi connectivity index (χ0) is 8.10. The first-order valence-electron chi connectivity index (χ1n) is 3.30. The summed E-state index contributed by atoms with van der Waals surface area (Å²) in [5.41, 5.74) is 6.39. The van der Waals surface area contributed by atoms with Crippen LogP contribution in [0.5, 0.6) is 0 Å². The molecule has 0 amide bonds. The largest absolute Gasteiger partial charge is 1.00 e. The van der Waals surface area contributed by atoms with Crippen LogP contribution in [0.3, 0.4) is 0 Å². The van der Waals surface area contributed by atoms with Crippen LogP contribution in [-0.2, 0) is 5.75 Å². The first-order chi connectivity index (χ1) is 5.29. The third kappa shape index (κ3) is 4.61. The quantitative estimate of drug-likeness (QED) is 0.415. The van der Waals surface area contributed by atoms with Crippen LogP contribution >= 0.6 is 11.8 Å². The summed E-state index contributed by atoms with van der Waals surface area (Å²) in [4.78, 5) is 0. The normalized spacial score (nSPS) is 8.67. The van der Waals surface area contributed by atoms with E-state index in [1.54, 1.807) is 0 Å². The van der Waals surface area contributed by atoms with E-state index in [9.17, 15) is 0 Å². The molecule has 0 spiro atoms. The van der Waals surface area contributed by atoms with Gasteiger partial charge in [0.15, 0.2) is 5.17 Å². The highest BCUT2D eigenvalue weighted by Crippen LogP contribution is 2.09. The third-order valence-electron chi connectivity index (χ3n) is 1.24. The van der Waals surface area contributed by atoms with Gasteiger partial charge in [-0.25, -0.2) is 0 Å². The van der Waals surface area contributed by atoms with Gasteiger partial charge >= 0.3 is 1.43 Å². The molecule has 1 aromatic carbocycles. The van der Waals surface area contributed by atoms with Crippen molar-refractivity contribution in [1.82, 2.24) is 0 Å². The van der Waals surface area contributed by atoms with Crippen molar-refractivity contribution in [2.75, 3.05) is 0 Å². The van der Waals surface area contributed by atoms with Gasteiger partial charge in [0, 0.05) is 5.75 Å². The molecule has 1 rings (SSSR count). The summed E-state index contributed by atoms with van der Waals surface area (Å²) >= 11 is 1.35. The summed E-state index contributed by atoms with van der Waals surface area (Å²) in [5.74, 6) is 0.788. The first-order valence-corrected chi connectivity index (χ1v) is 4.28. The van der Waals surface area contributed by atoms with Crippen molar-refractivity contribution in [3.63, 3.8) is 0 Å². The molecule has 0 saturated carbocycles. The van der Waals surface area contributed by atoms with Gasteiger partial charge in [-0.15, -0.1) is 0 Å². The van der Waals surface area contributed by atoms with E-state index >= 15 is 0 Å². The second kappa shape index (κ2) is 6.30. The molecule has 0 fully saturated rings. The summed E-state index contributed by atoms with van der Waals surface area (Å²) in [6.07, 6.45) is 0. The molecular weight excluding hydrogens is 283 g/mol. The fourth-order valence-electron chi connectivity index (χ4n) is 0.735. The van der Waals surface area contributed by atoms with Gasteiger partial charge < -0.3 is 29.7 Å². The number of halogens is 1. The van der Waals surface area contributed by atoms with Crippen LogP contribution in [0.4, 0.5) is 0 Å². The zero-order valence-electron chi connectivity index (χ0n) is 7.46. The molecule has 2 nitrogen and oxygen atoms in total. The number of amidine groups is 1. The highest BCUT2D eigenvalue weighted by atomic mass is 127. The standard InChI is InChI=1S/C8H10N2S.HI/c9-8(10)11-6-7-4-2-1-3-5-7;/h1-5H,6H2,(H3,9,10);1H. The van der Waals surface area contributed by atoms with Crippen LogP contribution < -0.4 is 29.7 Å². The van der Waals surface area contributed by atoms with E-state index in [2.05, 4.69) is 0 Å². The predicted octanol–water partition coefficient (Wildman–Crippen LogP) is -1.07. The molecule has 0 aliphatic rings. The molecule has 0 unspecified atom stereocenters. The van der Waals surface area contributed by atoms with Gasteiger partial charge in [-0.3, -0.25) is 5.41 Å². The maximum absolute atomic E-state index is 6.98. The van der Waals surface area contributed by atoms with Gasteiger partial charge in [0.1, 0.15) is 0 Å². The SMILES string of the molecule is N=C(N)SCc1ccccc1.[H+].[I-]. The van der Waals surface area contributed by atoms with Crippen molar-refractivity contribution in [2.24, 2.45) is 5.73 Å². The fourth-order valence-corrected chi connectivity index (χ4v) is 1.25. The maximum Gasteiger partial charge on any atom is 1.00 e. The number of benzene rings is 1. The molecule has 0 atom stereocenters. The molecule has 0 radical (unpaired) electrons. The number of hydrogen-bond donors (Lipinski definition) is 2. The summed E-state index contributed by atoms with van der Waals surface area (Å²) in [5, 5.41) is 7.16. The molecule has 12 heavy (non-hydrogen) atoms. The van der Waals surface area contributed by atoms with Crippen molar-refractivity contribution in [2.45, 2.75) is 5.75 Å². The molecule has 0 aliphatic heterocycles. The van der Waals surface area contributed by atoms with Gasteiger partial charge in [0.2, 0.25) is 0 Å². The molecule has 4 heteroatoms. The Hall–Kier alpha value is -0.230. The molecule has 3 N–H and O–H groups in total. The Morgan fingerprint density at radius 1 is 1.42 bits per heavy atom. The van der Waals surface area contributed by atoms with E-state index in [-0.39, 0.29) is 30.6 Å². The van der Waals surface area contributed by atoms with E-state index < -0.39 is 0 Å². The summed E-state index contributed by atoms with van der Waals surface area (Å²) in [6, 6.07) is 9.99. The van der Waals surface area contributed by atoms with Crippen molar-refractivity contribution < 1.29 is 25.4 Å². The van der Waals surface area contributed by atoms with Crippen molar-refractivity contribution in [3.05, 3.63) is 35.9 Å². The lowest BCUT2D eigenvalue weighted by Gasteiger charge is -1.97. The zero-order valence-corrected chi connectivity index (χ0v) is 9.43. The Labute approximate surface area is 94.9 Å². The average molecular weight is 294 g/mol. The second-order valence-electron chi connectivity index (χ2n) is 2.14. The summed E-state index contributed by atoms with van der Waals surface area (Å²) in [7, 11) is 0. The minimum Gasteiger partial charge on any atom is -1.00 e. The fraction of sp³-hybridized carbons (Fsp3) is 0.125. The molecule has 0 heterocycles.